The number of hydrogen-bond donors (Lipinski definition) is 2. The smallest absolute Gasteiger partial charge is 0.303 e. The molecule has 1 spiro atoms. The van der Waals surface area contributed by atoms with Crippen molar-refractivity contribution in [2.45, 2.75) is 108 Å². The van der Waals surface area contributed by atoms with Gasteiger partial charge in [0.25, 0.3) is 0 Å². The van der Waals surface area contributed by atoms with Gasteiger partial charge >= 0.3 is 5.97 Å². The van der Waals surface area contributed by atoms with Gasteiger partial charge in [-0.1, -0.05) is 57.1 Å². The molecule has 1 aromatic rings. The highest BCUT2D eigenvalue weighted by molar-refractivity contribution is 5.66. The molecule has 1 aromatic heterocycles. The standard InChI is InChI=1S/C28H41NO4/c30-25(12-7-10-20-8-3-1-4-9-20)21-16-17-29(18-21)19-24-22(11-5-2-6-13-27(31)32)23-14-15-26-28(23,24)33-26/h2,5,16-18,20,22-26,30H,1,3-4,6-15,19H2,(H,31,32)/b5-2+/t22-,23-,24-,25+,26-,28?/m0/s1. The van der Waals surface area contributed by atoms with Crippen LogP contribution in [0, 0.1) is 23.7 Å². The zero-order valence-corrected chi connectivity index (χ0v) is 19.9. The lowest BCUT2D eigenvalue weighted by atomic mass is 9.56. The van der Waals surface area contributed by atoms with Crippen molar-refractivity contribution in [2.75, 3.05) is 0 Å². The SMILES string of the molecule is O=C(O)CC/C=C/C[C@H]1[C@@H]2CC[C@@H]3OC32[C@H]1Cn1ccc([C@H](O)CCCC2CCCCC2)c1. The highest BCUT2D eigenvalue weighted by Gasteiger charge is 2.78. The molecule has 4 fully saturated rings. The highest BCUT2D eigenvalue weighted by Crippen LogP contribution is 2.71. The number of carboxylic acid groups (broad SMARTS) is 1. The number of nitrogens with zero attached hydrogens (tertiary/aromatic N) is 1. The average molecular weight is 456 g/mol. The minimum Gasteiger partial charge on any atom is -0.481 e. The first-order chi connectivity index (χ1) is 16.1. The Morgan fingerprint density at radius 1 is 1.21 bits per heavy atom. The lowest BCUT2D eigenvalue weighted by Gasteiger charge is -2.49. The Bertz CT molecular complexity index is 841. The van der Waals surface area contributed by atoms with Gasteiger partial charge < -0.3 is 19.5 Å². The summed E-state index contributed by atoms with van der Waals surface area (Å²) in [5.74, 6) is 1.95. The molecule has 1 unspecified atom stereocenters. The Morgan fingerprint density at radius 2 is 2.06 bits per heavy atom. The Labute approximate surface area is 198 Å². The zero-order chi connectivity index (χ0) is 22.8. The number of ether oxygens (including phenoxy) is 1. The van der Waals surface area contributed by atoms with Gasteiger partial charge in [0.1, 0.15) is 5.60 Å². The molecule has 4 aliphatic rings. The predicted octanol–water partition coefficient (Wildman–Crippen LogP) is 5.88. The molecule has 0 bridgehead atoms. The molecule has 33 heavy (non-hydrogen) atoms. The molecule has 3 saturated carbocycles. The number of aromatic nitrogens is 1. The number of aliphatic hydroxyl groups is 1. The number of rotatable bonds is 12. The van der Waals surface area contributed by atoms with E-state index in [-0.39, 0.29) is 18.1 Å². The van der Waals surface area contributed by atoms with Crippen molar-refractivity contribution in [3.05, 3.63) is 36.2 Å². The van der Waals surface area contributed by atoms with Crippen LogP contribution in [0.4, 0.5) is 0 Å². The van der Waals surface area contributed by atoms with Crippen molar-refractivity contribution in [1.82, 2.24) is 4.57 Å². The largest absolute Gasteiger partial charge is 0.481 e. The number of allylic oxidation sites excluding steroid dienone is 2. The van der Waals surface area contributed by atoms with Crippen molar-refractivity contribution in [3.8, 4) is 0 Å². The summed E-state index contributed by atoms with van der Waals surface area (Å²) in [6, 6.07) is 2.10. The molecule has 5 heteroatoms. The van der Waals surface area contributed by atoms with Crippen LogP contribution in [-0.2, 0) is 16.1 Å². The molecule has 2 heterocycles. The highest BCUT2D eigenvalue weighted by atomic mass is 16.6. The van der Waals surface area contributed by atoms with E-state index in [1.807, 2.05) is 6.08 Å². The van der Waals surface area contributed by atoms with Gasteiger partial charge in [0.2, 0.25) is 0 Å². The number of aliphatic carboxylic acids is 1. The second-order valence-electron chi connectivity index (χ2n) is 11.1. The van der Waals surface area contributed by atoms with Gasteiger partial charge in [-0.05, 0) is 61.5 Å². The van der Waals surface area contributed by atoms with Gasteiger partial charge in [0.05, 0.1) is 12.2 Å². The van der Waals surface area contributed by atoms with Crippen LogP contribution in [-0.4, -0.2) is 32.5 Å². The summed E-state index contributed by atoms with van der Waals surface area (Å²) in [5.41, 5.74) is 1.17. The second kappa shape index (κ2) is 9.95. The molecule has 1 saturated heterocycles. The maximum Gasteiger partial charge on any atom is 0.303 e. The number of aliphatic hydroxyl groups excluding tert-OH is 1. The van der Waals surface area contributed by atoms with Crippen LogP contribution in [0.15, 0.2) is 30.6 Å². The molecule has 3 aliphatic carbocycles. The van der Waals surface area contributed by atoms with E-state index in [4.69, 9.17) is 9.84 Å². The van der Waals surface area contributed by atoms with E-state index in [1.165, 1.54) is 51.4 Å². The van der Waals surface area contributed by atoms with Gasteiger partial charge in [-0.25, -0.2) is 0 Å². The molecule has 5 nitrogen and oxygen atoms in total. The number of carbonyl (C=O) groups is 1. The van der Waals surface area contributed by atoms with E-state index in [2.05, 4.69) is 29.1 Å². The molecule has 0 amide bonds. The Balaban J connectivity index is 1.13. The molecule has 0 radical (unpaired) electrons. The fraction of sp³-hybridized carbons (Fsp3) is 0.750. The number of epoxide rings is 1. The van der Waals surface area contributed by atoms with Gasteiger partial charge in [-0.2, -0.15) is 0 Å². The first-order valence-electron chi connectivity index (χ1n) is 13.5. The van der Waals surface area contributed by atoms with Gasteiger partial charge in [0.15, 0.2) is 0 Å². The molecule has 6 atom stereocenters. The third kappa shape index (κ3) is 4.81. The summed E-state index contributed by atoms with van der Waals surface area (Å²) in [7, 11) is 0. The van der Waals surface area contributed by atoms with Crippen LogP contribution in [0.25, 0.3) is 0 Å². The van der Waals surface area contributed by atoms with Crippen LogP contribution in [0.1, 0.15) is 95.1 Å². The third-order valence-electron chi connectivity index (χ3n) is 9.21. The first kappa shape index (κ1) is 23.2. The summed E-state index contributed by atoms with van der Waals surface area (Å²) in [6.07, 6.45) is 23.1. The molecule has 2 N–H and O–H groups in total. The molecular weight excluding hydrogens is 414 g/mol. The van der Waals surface area contributed by atoms with Crippen LogP contribution in [0.5, 0.6) is 0 Å². The Hall–Kier alpha value is -1.59. The third-order valence-corrected chi connectivity index (χ3v) is 9.21. The van der Waals surface area contributed by atoms with Crippen LogP contribution in [0.3, 0.4) is 0 Å². The van der Waals surface area contributed by atoms with Gasteiger partial charge in [-0.15, -0.1) is 0 Å². The monoisotopic (exact) mass is 455 g/mol. The topological polar surface area (TPSA) is 75.0 Å². The molecular formula is C28H41NO4. The second-order valence-corrected chi connectivity index (χ2v) is 11.1. The van der Waals surface area contributed by atoms with E-state index in [0.717, 1.165) is 37.3 Å². The normalized spacial score (nSPS) is 34.1. The summed E-state index contributed by atoms with van der Waals surface area (Å²) >= 11 is 0. The van der Waals surface area contributed by atoms with E-state index in [0.29, 0.717) is 30.3 Å². The Morgan fingerprint density at radius 3 is 2.85 bits per heavy atom. The Kier molecular flexibility index (Phi) is 6.99. The van der Waals surface area contributed by atoms with Gasteiger partial charge in [0, 0.05) is 31.3 Å². The zero-order valence-electron chi connectivity index (χ0n) is 19.9. The summed E-state index contributed by atoms with van der Waals surface area (Å²) in [4.78, 5) is 10.7. The van der Waals surface area contributed by atoms with Crippen LogP contribution in [0.2, 0.25) is 0 Å². The molecule has 182 valence electrons. The lowest BCUT2D eigenvalue weighted by molar-refractivity contribution is -0.136. The van der Waals surface area contributed by atoms with Crippen LogP contribution < -0.4 is 0 Å². The van der Waals surface area contributed by atoms with E-state index >= 15 is 0 Å². The number of hydrogen-bond acceptors (Lipinski definition) is 3. The molecule has 5 rings (SSSR count). The molecule has 0 aromatic carbocycles. The van der Waals surface area contributed by atoms with Crippen molar-refractivity contribution in [2.24, 2.45) is 23.7 Å². The molecule has 1 aliphatic heterocycles. The van der Waals surface area contributed by atoms with Crippen molar-refractivity contribution >= 4 is 5.97 Å². The summed E-state index contributed by atoms with van der Waals surface area (Å²) in [5, 5.41) is 19.6. The van der Waals surface area contributed by atoms with Crippen LogP contribution >= 0.6 is 0 Å². The van der Waals surface area contributed by atoms with E-state index in [9.17, 15) is 9.90 Å². The van der Waals surface area contributed by atoms with E-state index in [1.54, 1.807) is 0 Å². The van der Waals surface area contributed by atoms with Gasteiger partial charge in [-0.3, -0.25) is 4.79 Å². The number of carboxylic acids is 1. The fourth-order valence-electron chi connectivity index (χ4n) is 7.45. The predicted molar refractivity (Wildman–Crippen MR) is 128 cm³/mol. The summed E-state index contributed by atoms with van der Waals surface area (Å²) in [6.45, 7) is 0.954. The van der Waals surface area contributed by atoms with Crippen molar-refractivity contribution in [1.29, 1.82) is 0 Å². The van der Waals surface area contributed by atoms with E-state index < -0.39 is 5.97 Å². The summed E-state index contributed by atoms with van der Waals surface area (Å²) < 4.78 is 8.49. The minimum absolute atomic E-state index is 0.114. The maximum absolute atomic E-state index is 10.7. The first-order valence-corrected chi connectivity index (χ1v) is 13.5. The fourth-order valence-corrected chi connectivity index (χ4v) is 7.45. The quantitative estimate of drug-likeness (QED) is 0.305. The van der Waals surface area contributed by atoms with Crippen molar-refractivity contribution in [3.63, 3.8) is 0 Å². The minimum atomic E-state index is -0.732. The van der Waals surface area contributed by atoms with Crippen molar-refractivity contribution < 1.29 is 19.7 Å². The lowest BCUT2D eigenvalue weighted by Crippen LogP contribution is -2.54. The maximum atomic E-state index is 10.7. The average Bonchev–Trinajstić information content (AvgIpc) is 3.22.